The molecule has 0 aliphatic rings. The fraction of sp³-hybridized carbons (Fsp3) is 0. The van der Waals surface area contributed by atoms with Gasteiger partial charge in [-0.15, -0.1) is 0 Å². The summed E-state index contributed by atoms with van der Waals surface area (Å²) in [5, 5.41) is 6.74. The van der Waals surface area contributed by atoms with Crippen molar-refractivity contribution in [3.05, 3.63) is 176 Å². The Morgan fingerprint density at radius 2 is 0.939 bits per heavy atom. The van der Waals surface area contributed by atoms with Crippen LogP contribution in [0, 0.1) is 0 Å². The molecular weight excluding hydrogens is 599 g/mol. The molecule has 0 radical (unpaired) electrons. The predicted molar refractivity (Wildman–Crippen MR) is 204 cm³/mol. The average Bonchev–Trinajstić information content (AvgIpc) is 3.75. The minimum atomic E-state index is 0.842. The molecule has 3 nitrogen and oxygen atoms in total. The molecule has 0 saturated carbocycles. The highest BCUT2D eigenvalue weighted by atomic mass is 16.3. The Balaban J connectivity index is 1.30. The third-order valence-electron chi connectivity index (χ3n) is 9.64. The van der Waals surface area contributed by atoms with Crippen molar-refractivity contribution in [1.29, 1.82) is 0 Å². The molecular formula is C46H29NO2. The monoisotopic (exact) mass is 627 g/mol. The molecule has 0 amide bonds. The highest BCUT2D eigenvalue weighted by Crippen LogP contribution is 2.47. The molecule has 0 saturated heterocycles. The molecule has 0 atom stereocenters. The number of benzene rings is 8. The van der Waals surface area contributed by atoms with Crippen LogP contribution in [0.15, 0.2) is 185 Å². The molecule has 49 heavy (non-hydrogen) atoms. The van der Waals surface area contributed by atoms with Crippen molar-refractivity contribution >= 4 is 71.7 Å². The van der Waals surface area contributed by atoms with Crippen LogP contribution >= 0.6 is 0 Å². The van der Waals surface area contributed by atoms with Gasteiger partial charge in [0.15, 0.2) is 5.58 Å². The van der Waals surface area contributed by atoms with Gasteiger partial charge in [-0.25, -0.2) is 0 Å². The minimum absolute atomic E-state index is 0.842. The Bertz CT molecular complexity index is 2830. The number of nitrogens with zero attached hydrogens (tertiary/aromatic N) is 1. The van der Waals surface area contributed by atoms with Crippen LogP contribution in [-0.2, 0) is 0 Å². The number of anilines is 3. The normalized spacial score (nSPS) is 11.7. The van der Waals surface area contributed by atoms with Gasteiger partial charge >= 0.3 is 0 Å². The van der Waals surface area contributed by atoms with Gasteiger partial charge in [0.1, 0.15) is 16.7 Å². The molecule has 0 fully saturated rings. The summed E-state index contributed by atoms with van der Waals surface area (Å²) in [6.45, 7) is 0. The summed E-state index contributed by atoms with van der Waals surface area (Å²) in [5.74, 6) is 0. The molecule has 10 rings (SSSR count). The summed E-state index contributed by atoms with van der Waals surface area (Å²) in [7, 11) is 0. The van der Waals surface area contributed by atoms with Crippen LogP contribution in [0.2, 0.25) is 0 Å². The Labute approximate surface area is 282 Å². The van der Waals surface area contributed by atoms with Crippen LogP contribution in [0.5, 0.6) is 0 Å². The third kappa shape index (κ3) is 4.44. The second-order valence-electron chi connectivity index (χ2n) is 12.5. The highest BCUT2D eigenvalue weighted by molar-refractivity contribution is 6.23. The van der Waals surface area contributed by atoms with Crippen molar-refractivity contribution in [2.24, 2.45) is 0 Å². The molecule has 0 aliphatic heterocycles. The van der Waals surface area contributed by atoms with Crippen LogP contribution < -0.4 is 4.90 Å². The van der Waals surface area contributed by atoms with E-state index < -0.39 is 0 Å². The predicted octanol–water partition coefficient (Wildman–Crippen LogP) is 13.4. The van der Waals surface area contributed by atoms with Crippen molar-refractivity contribution in [2.45, 2.75) is 0 Å². The van der Waals surface area contributed by atoms with Gasteiger partial charge in [0, 0.05) is 33.3 Å². The van der Waals surface area contributed by atoms with E-state index in [9.17, 15) is 0 Å². The molecule has 3 heteroatoms. The zero-order valence-corrected chi connectivity index (χ0v) is 26.5. The summed E-state index contributed by atoms with van der Waals surface area (Å²) >= 11 is 0. The molecule has 8 aromatic carbocycles. The van der Waals surface area contributed by atoms with Gasteiger partial charge < -0.3 is 13.7 Å². The minimum Gasteiger partial charge on any atom is -0.456 e. The second kappa shape index (κ2) is 11.0. The number of hydrogen-bond acceptors (Lipinski definition) is 3. The van der Waals surface area contributed by atoms with Crippen molar-refractivity contribution < 1.29 is 8.83 Å². The van der Waals surface area contributed by atoms with E-state index >= 15 is 0 Å². The number of furan rings is 2. The summed E-state index contributed by atoms with van der Waals surface area (Å²) in [6.07, 6.45) is 0. The third-order valence-corrected chi connectivity index (χ3v) is 9.64. The fourth-order valence-corrected chi connectivity index (χ4v) is 7.40. The summed E-state index contributed by atoms with van der Waals surface area (Å²) < 4.78 is 13.2. The summed E-state index contributed by atoms with van der Waals surface area (Å²) in [4.78, 5) is 2.32. The Morgan fingerprint density at radius 1 is 0.367 bits per heavy atom. The lowest BCUT2D eigenvalue weighted by Crippen LogP contribution is -2.11. The molecule has 0 N–H and O–H groups in total. The Kier molecular flexibility index (Phi) is 6.18. The first-order chi connectivity index (χ1) is 24.3. The molecule has 0 unspecified atom stereocenters. The maximum Gasteiger partial charge on any atom is 0.160 e. The summed E-state index contributed by atoms with van der Waals surface area (Å²) in [6, 6.07) is 62.0. The zero-order valence-electron chi connectivity index (χ0n) is 26.5. The molecule has 230 valence electrons. The van der Waals surface area contributed by atoms with Crippen molar-refractivity contribution in [1.82, 2.24) is 0 Å². The first-order valence-electron chi connectivity index (χ1n) is 16.6. The van der Waals surface area contributed by atoms with Crippen molar-refractivity contribution in [3.63, 3.8) is 0 Å². The van der Waals surface area contributed by atoms with E-state index in [2.05, 4.69) is 163 Å². The van der Waals surface area contributed by atoms with Crippen LogP contribution in [0.4, 0.5) is 17.1 Å². The standard InChI is InChI=1S/C46H29NO2/c1-3-13-30(14-4-1)35-25-23-33(28-40(35)31-15-5-2-6-16-31)47(34-24-26-38-37-19-9-11-21-42(37)48-44(38)29-34)41-27-32-17-7-8-18-36(32)45-39-20-10-12-22-43(39)49-46(41)45/h1-29H. The van der Waals surface area contributed by atoms with Gasteiger partial charge in [-0.05, 0) is 75.5 Å². The lowest BCUT2D eigenvalue weighted by Gasteiger charge is -2.27. The number of para-hydroxylation sites is 2. The Hall–Kier alpha value is -6.58. The van der Waals surface area contributed by atoms with E-state index in [0.717, 1.165) is 77.5 Å². The summed E-state index contributed by atoms with van der Waals surface area (Å²) in [5.41, 5.74) is 11.1. The van der Waals surface area contributed by atoms with Crippen LogP contribution in [0.25, 0.3) is 76.9 Å². The van der Waals surface area contributed by atoms with Gasteiger partial charge in [0.05, 0.1) is 11.4 Å². The van der Waals surface area contributed by atoms with Crippen LogP contribution in [-0.4, -0.2) is 0 Å². The molecule has 0 aliphatic carbocycles. The van der Waals surface area contributed by atoms with Crippen molar-refractivity contribution in [3.8, 4) is 22.3 Å². The fourth-order valence-electron chi connectivity index (χ4n) is 7.40. The van der Waals surface area contributed by atoms with Crippen LogP contribution in [0.1, 0.15) is 0 Å². The molecule has 2 aromatic heterocycles. The lowest BCUT2D eigenvalue weighted by atomic mass is 9.93. The first-order valence-corrected chi connectivity index (χ1v) is 16.6. The van der Waals surface area contributed by atoms with Gasteiger partial charge in [0.2, 0.25) is 0 Å². The van der Waals surface area contributed by atoms with E-state index in [-0.39, 0.29) is 0 Å². The smallest absolute Gasteiger partial charge is 0.160 e. The topological polar surface area (TPSA) is 29.5 Å². The molecule has 0 spiro atoms. The van der Waals surface area contributed by atoms with Gasteiger partial charge in [-0.1, -0.05) is 127 Å². The number of hydrogen-bond donors (Lipinski definition) is 0. The van der Waals surface area contributed by atoms with Crippen molar-refractivity contribution in [2.75, 3.05) is 4.90 Å². The number of fused-ring (bicyclic) bond motifs is 8. The van der Waals surface area contributed by atoms with Gasteiger partial charge in [0.25, 0.3) is 0 Å². The van der Waals surface area contributed by atoms with Crippen LogP contribution in [0.3, 0.4) is 0 Å². The zero-order chi connectivity index (χ0) is 32.3. The first kappa shape index (κ1) is 27.5. The van der Waals surface area contributed by atoms with E-state index in [1.165, 1.54) is 16.5 Å². The molecule has 0 bridgehead atoms. The Morgan fingerprint density at radius 3 is 1.71 bits per heavy atom. The second-order valence-corrected chi connectivity index (χ2v) is 12.5. The van der Waals surface area contributed by atoms with Gasteiger partial charge in [-0.2, -0.15) is 0 Å². The van der Waals surface area contributed by atoms with E-state index in [1.54, 1.807) is 0 Å². The van der Waals surface area contributed by atoms with E-state index in [0.29, 0.717) is 0 Å². The quantitative estimate of drug-likeness (QED) is 0.190. The van der Waals surface area contributed by atoms with E-state index in [1.807, 2.05) is 18.2 Å². The maximum absolute atomic E-state index is 6.79. The molecule has 10 aromatic rings. The van der Waals surface area contributed by atoms with E-state index in [4.69, 9.17) is 8.83 Å². The number of rotatable bonds is 5. The lowest BCUT2D eigenvalue weighted by molar-refractivity contribution is 0.667. The molecule has 2 heterocycles. The average molecular weight is 628 g/mol. The SMILES string of the molecule is c1ccc(-c2ccc(N(c3ccc4c(c3)oc3ccccc34)c3cc4ccccc4c4c3oc3ccccc34)cc2-c2ccccc2)cc1. The largest absolute Gasteiger partial charge is 0.456 e. The van der Waals surface area contributed by atoms with Gasteiger partial charge in [-0.3, -0.25) is 0 Å². The maximum atomic E-state index is 6.79. The highest BCUT2D eigenvalue weighted by Gasteiger charge is 2.24.